The Bertz CT molecular complexity index is 544. The first kappa shape index (κ1) is 12.8. The first-order chi connectivity index (χ1) is 8.70. The molecule has 0 aliphatic heterocycles. The van der Waals surface area contributed by atoms with Crippen LogP contribution < -0.4 is 10.6 Å². The summed E-state index contributed by atoms with van der Waals surface area (Å²) in [7, 11) is 1.79. The molecule has 0 saturated heterocycles. The maximum atomic E-state index is 4.33. The molecule has 2 aromatic rings. The summed E-state index contributed by atoms with van der Waals surface area (Å²) in [5, 5.41) is 6.18. The molecule has 0 bridgehead atoms. The van der Waals surface area contributed by atoms with Gasteiger partial charge in [-0.1, -0.05) is 0 Å². The Morgan fingerprint density at radius 2 is 2.17 bits per heavy atom. The van der Waals surface area contributed by atoms with E-state index >= 15 is 0 Å². The molecule has 2 N–H and O–H groups in total. The summed E-state index contributed by atoms with van der Waals surface area (Å²) in [6.07, 6.45) is 5.37. The molecule has 0 aliphatic carbocycles. The van der Waals surface area contributed by atoms with Crippen LogP contribution >= 0.6 is 15.9 Å². The van der Waals surface area contributed by atoms with E-state index in [1.54, 1.807) is 19.4 Å². The molecule has 0 spiro atoms. The molecule has 94 valence electrons. The number of aromatic nitrogens is 3. The van der Waals surface area contributed by atoms with Crippen LogP contribution in [0.4, 0.5) is 11.8 Å². The van der Waals surface area contributed by atoms with Crippen molar-refractivity contribution in [1.29, 1.82) is 0 Å². The molecule has 0 aromatic carbocycles. The van der Waals surface area contributed by atoms with E-state index < -0.39 is 0 Å². The van der Waals surface area contributed by atoms with Crippen molar-refractivity contribution in [3.05, 3.63) is 40.3 Å². The van der Waals surface area contributed by atoms with Gasteiger partial charge in [-0.3, -0.25) is 4.98 Å². The van der Waals surface area contributed by atoms with Gasteiger partial charge in [0.05, 0.1) is 4.47 Å². The highest BCUT2D eigenvalue weighted by Crippen LogP contribution is 2.20. The summed E-state index contributed by atoms with van der Waals surface area (Å²) in [6.45, 7) is 2.74. The van der Waals surface area contributed by atoms with Crippen molar-refractivity contribution >= 4 is 27.7 Å². The van der Waals surface area contributed by atoms with E-state index in [2.05, 4.69) is 48.4 Å². The number of aryl methyl sites for hydroxylation is 1. The quantitative estimate of drug-likeness (QED) is 0.909. The fourth-order valence-electron chi connectivity index (χ4n) is 1.47. The Morgan fingerprint density at radius 3 is 2.89 bits per heavy atom. The minimum absolute atomic E-state index is 0.587. The number of nitrogens with zero attached hydrogens (tertiary/aromatic N) is 3. The summed E-state index contributed by atoms with van der Waals surface area (Å²) in [5.41, 5.74) is 2.35. The topological polar surface area (TPSA) is 62.7 Å². The van der Waals surface area contributed by atoms with Gasteiger partial charge in [-0.2, -0.15) is 4.98 Å². The summed E-state index contributed by atoms with van der Waals surface area (Å²) in [4.78, 5) is 12.6. The first-order valence-electron chi connectivity index (χ1n) is 5.54. The van der Waals surface area contributed by atoms with Crippen LogP contribution in [0.1, 0.15) is 11.1 Å². The summed E-state index contributed by atoms with van der Waals surface area (Å²) in [6, 6.07) is 1.99. The summed E-state index contributed by atoms with van der Waals surface area (Å²) < 4.78 is 0.836. The Kier molecular flexibility index (Phi) is 4.09. The van der Waals surface area contributed by atoms with Gasteiger partial charge in [0.2, 0.25) is 5.95 Å². The second-order valence-corrected chi connectivity index (χ2v) is 4.65. The van der Waals surface area contributed by atoms with Crippen LogP contribution in [0.5, 0.6) is 0 Å². The number of halogens is 1. The van der Waals surface area contributed by atoms with E-state index in [9.17, 15) is 0 Å². The Balaban J connectivity index is 2.13. The van der Waals surface area contributed by atoms with Crippen molar-refractivity contribution in [3.8, 4) is 0 Å². The molecule has 0 atom stereocenters. The summed E-state index contributed by atoms with van der Waals surface area (Å²) in [5.74, 6) is 1.35. The van der Waals surface area contributed by atoms with Crippen LogP contribution in [0.15, 0.2) is 29.1 Å². The second-order valence-electron chi connectivity index (χ2n) is 3.80. The third kappa shape index (κ3) is 2.95. The van der Waals surface area contributed by atoms with E-state index in [1.807, 2.05) is 12.3 Å². The fraction of sp³-hybridized carbons (Fsp3) is 0.250. The largest absolute Gasteiger partial charge is 0.365 e. The van der Waals surface area contributed by atoms with Gasteiger partial charge in [0.25, 0.3) is 0 Å². The number of hydrogen-bond acceptors (Lipinski definition) is 5. The number of rotatable bonds is 4. The highest BCUT2D eigenvalue weighted by Gasteiger charge is 2.05. The van der Waals surface area contributed by atoms with Crippen LogP contribution in [0.3, 0.4) is 0 Å². The van der Waals surface area contributed by atoms with Gasteiger partial charge >= 0.3 is 0 Å². The zero-order chi connectivity index (χ0) is 13.0. The standard InChI is InChI=1S/C12H14BrN5/c1-8-3-4-15-5-9(8)6-16-11-10(13)7-17-12(14-2)18-11/h3-5,7H,6H2,1-2H3,(H2,14,16,17,18). The predicted octanol–water partition coefficient (Wildman–Crippen LogP) is 2.60. The molecule has 2 rings (SSSR count). The fourth-order valence-corrected chi connectivity index (χ4v) is 1.80. The molecule has 0 fully saturated rings. The normalized spacial score (nSPS) is 10.2. The van der Waals surface area contributed by atoms with E-state index in [-0.39, 0.29) is 0 Å². The average molecular weight is 308 g/mol. The van der Waals surface area contributed by atoms with Gasteiger partial charge in [0.1, 0.15) is 5.82 Å². The highest BCUT2D eigenvalue weighted by molar-refractivity contribution is 9.10. The van der Waals surface area contributed by atoms with Crippen LogP contribution in [0, 0.1) is 6.92 Å². The minimum atomic E-state index is 0.587. The van der Waals surface area contributed by atoms with Crippen LogP contribution in [-0.2, 0) is 6.54 Å². The van der Waals surface area contributed by atoms with E-state index in [0.29, 0.717) is 12.5 Å². The Hall–Kier alpha value is -1.69. The number of anilines is 2. The van der Waals surface area contributed by atoms with Crippen LogP contribution in [-0.4, -0.2) is 22.0 Å². The molecule has 0 radical (unpaired) electrons. The van der Waals surface area contributed by atoms with Crippen molar-refractivity contribution in [2.24, 2.45) is 0 Å². The Labute approximate surface area is 114 Å². The minimum Gasteiger partial charge on any atom is -0.365 e. The van der Waals surface area contributed by atoms with Gasteiger partial charge in [-0.05, 0) is 40.0 Å². The lowest BCUT2D eigenvalue weighted by Crippen LogP contribution is -2.06. The van der Waals surface area contributed by atoms with Crippen LogP contribution in [0.25, 0.3) is 0 Å². The predicted molar refractivity (Wildman–Crippen MR) is 75.6 cm³/mol. The molecule has 2 heterocycles. The van der Waals surface area contributed by atoms with Crippen molar-refractivity contribution in [3.63, 3.8) is 0 Å². The second kappa shape index (κ2) is 5.77. The molecule has 18 heavy (non-hydrogen) atoms. The molecule has 0 saturated carbocycles. The van der Waals surface area contributed by atoms with Gasteiger partial charge in [0.15, 0.2) is 0 Å². The third-order valence-electron chi connectivity index (χ3n) is 2.56. The maximum absolute atomic E-state index is 4.33. The molecule has 5 nitrogen and oxygen atoms in total. The monoisotopic (exact) mass is 307 g/mol. The Morgan fingerprint density at radius 1 is 1.33 bits per heavy atom. The smallest absolute Gasteiger partial charge is 0.224 e. The molecule has 2 aromatic heterocycles. The van der Waals surface area contributed by atoms with Gasteiger partial charge in [0, 0.05) is 32.2 Å². The molecule has 0 aliphatic rings. The van der Waals surface area contributed by atoms with Crippen molar-refractivity contribution in [2.75, 3.05) is 17.7 Å². The molecular formula is C12H14BrN5. The lowest BCUT2D eigenvalue weighted by molar-refractivity contribution is 1.04. The van der Waals surface area contributed by atoms with E-state index in [1.165, 1.54) is 5.56 Å². The number of pyridine rings is 1. The highest BCUT2D eigenvalue weighted by atomic mass is 79.9. The van der Waals surface area contributed by atoms with Gasteiger partial charge in [-0.25, -0.2) is 4.98 Å². The molecular weight excluding hydrogens is 294 g/mol. The van der Waals surface area contributed by atoms with Crippen molar-refractivity contribution < 1.29 is 0 Å². The molecule has 6 heteroatoms. The third-order valence-corrected chi connectivity index (χ3v) is 3.14. The van der Waals surface area contributed by atoms with Crippen molar-refractivity contribution in [2.45, 2.75) is 13.5 Å². The van der Waals surface area contributed by atoms with Gasteiger partial charge in [-0.15, -0.1) is 0 Å². The zero-order valence-corrected chi connectivity index (χ0v) is 11.8. The zero-order valence-electron chi connectivity index (χ0n) is 10.2. The number of nitrogens with one attached hydrogen (secondary N) is 2. The molecule has 0 unspecified atom stereocenters. The first-order valence-corrected chi connectivity index (χ1v) is 6.33. The number of hydrogen-bond donors (Lipinski definition) is 2. The SMILES string of the molecule is CNc1ncc(Br)c(NCc2cnccc2C)n1. The van der Waals surface area contributed by atoms with Crippen molar-refractivity contribution in [1.82, 2.24) is 15.0 Å². The van der Waals surface area contributed by atoms with E-state index in [4.69, 9.17) is 0 Å². The summed E-state index contributed by atoms with van der Waals surface area (Å²) >= 11 is 3.42. The lowest BCUT2D eigenvalue weighted by atomic mass is 10.1. The molecule has 0 amide bonds. The van der Waals surface area contributed by atoms with Gasteiger partial charge < -0.3 is 10.6 Å². The average Bonchev–Trinajstić information content (AvgIpc) is 2.39. The lowest BCUT2D eigenvalue weighted by Gasteiger charge is -2.10. The maximum Gasteiger partial charge on any atom is 0.224 e. The van der Waals surface area contributed by atoms with E-state index in [0.717, 1.165) is 15.9 Å². The van der Waals surface area contributed by atoms with Crippen LogP contribution in [0.2, 0.25) is 0 Å².